The van der Waals surface area contributed by atoms with E-state index in [1.165, 1.54) is 16.4 Å². The van der Waals surface area contributed by atoms with E-state index in [2.05, 4.69) is 5.32 Å². The number of halogens is 1. The fourth-order valence-corrected chi connectivity index (χ4v) is 4.50. The quantitative estimate of drug-likeness (QED) is 0.567. The summed E-state index contributed by atoms with van der Waals surface area (Å²) in [5, 5.41) is 3.16. The first-order chi connectivity index (χ1) is 14.9. The number of carbonyl (C=O) groups excluding carboxylic acids is 1. The van der Waals surface area contributed by atoms with Gasteiger partial charge >= 0.3 is 0 Å². The Bertz CT molecular complexity index is 978. The lowest BCUT2D eigenvalue weighted by Crippen LogP contribution is -2.40. The highest BCUT2D eigenvalue weighted by Gasteiger charge is 2.26. The molecule has 0 bridgehead atoms. The molecule has 1 heterocycles. The summed E-state index contributed by atoms with van der Waals surface area (Å²) in [5.41, 5.74) is 0. The van der Waals surface area contributed by atoms with Gasteiger partial charge in [-0.3, -0.25) is 4.79 Å². The van der Waals surface area contributed by atoms with Gasteiger partial charge in [0.25, 0.3) is 5.91 Å². The first-order valence-electron chi connectivity index (χ1n) is 9.87. The minimum atomic E-state index is -3.54. The first kappa shape index (κ1) is 23.3. The molecule has 0 radical (unpaired) electrons. The number of sulfonamides is 1. The van der Waals surface area contributed by atoms with Crippen molar-refractivity contribution in [2.24, 2.45) is 0 Å². The third kappa shape index (κ3) is 6.33. The van der Waals surface area contributed by atoms with Crippen LogP contribution in [0.15, 0.2) is 53.4 Å². The first-order valence-corrected chi connectivity index (χ1v) is 11.7. The lowest BCUT2D eigenvalue weighted by atomic mass is 10.3. The highest BCUT2D eigenvalue weighted by atomic mass is 35.5. The van der Waals surface area contributed by atoms with Gasteiger partial charge in [-0.1, -0.05) is 23.7 Å². The Morgan fingerprint density at radius 1 is 1.16 bits per heavy atom. The Labute approximate surface area is 187 Å². The van der Waals surface area contributed by atoms with Crippen molar-refractivity contribution in [3.05, 3.63) is 53.6 Å². The average Bonchev–Trinajstić information content (AvgIpc) is 2.79. The molecule has 0 aliphatic carbocycles. The van der Waals surface area contributed by atoms with E-state index in [0.29, 0.717) is 42.8 Å². The fraction of sp³-hybridized carbons (Fsp3) is 0.381. The third-order valence-corrected chi connectivity index (χ3v) is 6.84. The Balaban J connectivity index is 1.43. The molecule has 2 aromatic carbocycles. The summed E-state index contributed by atoms with van der Waals surface area (Å²) in [7, 11) is -3.54. The lowest BCUT2D eigenvalue weighted by Gasteiger charge is -2.26. The van der Waals surface area contributed by atoms with Crippen LogP contribution in [0.5, 0.6) is 11.5 Å². The minimum Gasteiger partial charge on any atom is -0.492 e. The van der Waals surface area contributed by atoms with E-state index < -0.39 is 16.1 Å². The van der Waals surface area contributed by atoms with E-state index in [4.69, 9.17) is 25.8 Å². The van der Waals surface area contributed by atoms with Gasteiger partial charge in [0.1, 0.15) is 18.1 Å². The van der Waals surface area contributed by atoms with Crippen LogP contribution in [-0.4, -0.2) is 64.2 Å². The van der Waals surface area contributed by atoms with E-state index >= 15 is 0 Å². The maximum atomic E-state index is 12.6. The molecule has 10 heteroatoms. The van der Waals surface area contributed by atoms with Crippen molar-refractivity contribution in [2.45, 2.75) is 17.9 Å². The molecule has 2 aromatic rings. The average molecular weight is 469 g/mol. The van der Waals surface area contributed by atoms with E-state index in [-0.39, 0.29) is 24.0 Å². The molecule has 0 aromatic heterocycles. The molecular weight excluding hydrogens is 444 g/mol. The van der Waals surface area contributed by atoms with Crippen LogP contribution in [0.25, 0.3) is 0 Å². The van der Waals surface area contributed by atoms with Gasteiger partial charge in [0.15, 0.2) is 6.10 Å². The summed E-state index contributed by atoms with van der Waals surface area (Å²) < 4.78 is 43.0. The number of nitrogens with zero attached hydrogens (tertiary/aromatic N) is 1. The SMILES string of the molecule is C[C@@H](Oc1ccccc1Cl)C(=O)NCCOc1ccc(S(=O)(=O)N2CCOCC2)cc1. The van der Waals surface area contributed by atoms with Crippen LogP contribution < -0.4 is 14.8 Å². The molecule has 31 heavy (non-hydrogen) atoms. The zero-order valence-electron chi connectivity index (χ0n) is 17.1. The summed E-state index contributed by atoms with van der Waals surface area (Å²) in [5.74, 6) is 0.654. The predicted octanol–water partition coefficient (Wildman–Crippen LogP) is 2.32. The number of nitrogens with one attached hydrogen (secondary N) is 1. The Morgan fingerprint density at radius 3 is 2.52 bits per heavy atom. The molecule has 1 fully saturated rings. The number of ether oxygens (including phenoxy) is 3. The summed E-state index contributed by atoms with van der Waals surface area (Å²) in [6, 6.07) is 13.1. The zero-order chi connectivity index (χ0) is 22.3. The standard InChI is InChI=1S/C21H25ClN2O6S/c1-16(30-20-5-3-2-4-19(20)22)21(25)23-10-13-29-17-6-8-18(9-7-17)31(26,27)24-11-14-28-15-12-24/h2-9,16H,10-15H2,1H3,(H,23,25)/t16-/m1/s1. The molecule has 1 atom stereocenters. The molecule has 0 unspecified atom stereocenters. The molecule has 3 rings (SSSR count). The molecule has 1 saturated heterocycles. The van der Waals surface area contributed by atoms with E-state index in [0.717, 1.165) is 0 Å². The molecule has 1 aliphatic heterocycles. The number of para-hydroxylation sites is 1. The summed E-state index contributed by atoms with van der Waals surface area (Å²) in [4.78, 5) is 12.4. The maximum Gasteiger partial charge on any atom is 0.260 e. The number of hydrogen-bond donors (Lipinski definition) is 1. The van der Waals surface area contributed by atoms with E-state index in [9.17, 15) is 13.2 Å². The Kier molecular flexibility index (Phi) is 8.14. The van der Waals surface area contributed by atoms with Gasteiger partial charge in [0.2, 0.25) is 10.0 Å². The molecule has 0 saturated carbocycles. The predicted molar refractivity (Wildman–Crippen MR) is 116 cm³/mol. The van der Waals surface area contributed by atoms with Crippen LogP contribution in [0, 0.1) is 0 Å². The van der Waals surface area contributed by atoms with Crippen molar-refractivity contribution in [1.82, 2.24) is 9.62 Å². The van der Waals surface area contributed by atoms with E-state index in [1.54, 1.807) is 43.3 Å². The molecule has 1 N–H and O–H groups in total. The molecular formula is C21H25ClN2O6S. The second-order valence-electron chi connectivity index (χ2n) is 6.82. The monoisotopic (exact) mass is 468 g/mol. The second-order valence-corrected chi connectivity index (χ2v) is 9.16. The van der Waals surface area contributed by atoms with Gasteiger partial charge in [-0.05, 0) is 43.3 Å². The van der Waals surface area contributed by atoms with Crippen molar-refractivity contribution in [1.29, 1.82) is 0 Å². The fourth-order valence-electron chi connectivity index (χ4n) is 2.91. The Hall–Kier alpha value is -2.33. The topological polar surface area (TPSA) is 94.2 Å². The van der Waals surface area contributed by atoms with Crippen LogP contribution in [0.1, 0.15) is 6.92 Å². The summed E-state index contributed by atoms with van der Waals surface area (Å²) in [6.45, 7) is 3.61. The van der Waals surface area contributed by atoms with Gasteiger partial charge in [0.05, 0.1) is 29.7 Å². The second kappa shape index (κ2) is 10.8. The number of amides is 1. The van der Waals surface area contributed by atoms with Crippen LogP contribution in [0.4, 0.5) is 0 Å². The van der Waals surface area contributed by atoms with Crippen molar-refractivity contribution in [3.8, 4) is 11.5 Å². The number of benzene rings is 2. The van der Waals surface area contributed by atoms with Crippen molar-refractivity contribution < 1.29 is 27.4 Å². The number of carbonyl (C=O) groups is 1. The van der Waals surface area contributed by atoms with Crippen LogP contribution in [-0.2, 0) is 19.6 Å². The van der Waals surface area contributed by atoms with Gasteiger partial charge in [-0.2, -0.15) is 4.31 Å². The van der Waals surface area contributed by atoms with E-state index in [1.807, 2.05) is 0 Å². The van der Waals surface area contributed by atoms with Crippen LogP contribution in [0.2, 0.25) is 5.02 Å². The smallest absolute Gasteiger partial charge is 0.260 e. The normalized spacial score (nSPS) is 15.8. The molecule has 0 spiro atoms. The van der Waals surface area contributed by atoms with Gasteiger partial charge in [0, 0.05) is 13.1 Å². The van der Waals surface area contributed by atoms with Gasteiger partial charge in [-0.25, -0.2) is 8.42 Å². The minimum absolute atomic E-state index is 0.209. The molecule has 168 valence electrons. The molecule has 1 aliphatic rings. The maximum absolute atomic E-state index is 12.6. The Morgan fingerprint density at radius 2 is 1.84 bits per heavy atom. The zero-order valence-corrected chi connectivity index (χ0v) is 18.7. The number of rotatable bonds is 9. The van der Waals surface area contributed by atoms with Gasteiger partial charge in [-0.15, -0.1) is 0 Å². The van der Waals surface area contributed by atoms with Gasteiger partial charge < -0.3 is 19.5 Å². The molecule has 8 nitrogen and oxygen atoms in total. The van der Waals surface area contributed by atoms with Crippen LogP contribution >= 0.6 is 11.6 Å². The summed E-state index contributed by atoms with van der Waals surface area (Å²) >= 11 is 6.03. The van der Waals surface area contributed by atoms with Crippen molar-refractivity contribution in [2.75, 3.05) is 39.5 Å². The van der Waals surface area contributed by atoms with Crippen molar-refractivity contribution >= 4 is 27.5 Å². The van der Waals surface area contributed by atoms with Crippen LogP contribution in [0.3, 0.4) is 0 Å². The van der Waals surface area contributed by atoms with Crippen molar-refractivity contribution in [3.63, 3.8) is 0 Å². The summed E-state index contributed by atoms with van der Waals surface area (Å²) in [6.07, 6.45) is -0.718. The highest BCUT2D eigenvalue weighted by Crippen LogP contribution is 2.24. The third-order valence-electron chi connectivity index (χ3n) is 4.61. The highest BCUT2D eigenvalue weighted by molar-refractivity contribution is 7.89. The number of hydrogen-bond acceptors (Lipinski definition) is 6. The molecule has 1 amide bonds. The lowest BCUT2D eigenvalue weighted by molar-refractivity contribution is -0.127. The largest absolute Gasteiger partial charge is 0.492 e. The number of morpholine rings is 1.